The number of nitrogens with one attached hydrogen (secondary N) is 2. The van der Waals surface area contributed by atoms with Crippen LogP contribution in [0.5, 0.6) is 0 Å². The Balaban J connectivity index is 2.09. The van der Waals surface area contributed by atoms with Crippen LogP contribution in [0.2, 0.25) is 5.02 Å². The lowest BCUT2D eigenvalue weighted by Gasteiger charge is -2.19. The molecule has 0 bridgehead atoms. The van der Waals surface area contributed by atoms with Gasteiger partial charge in [-0.05, 0) is 42.7 Å². The number of rotatable bonds is 5. The van der Waals surface area contributed by atoms with Crippen LogP contribution in [0.15, 0.2) is 42.5 Å². The molecular weight excluding hydrogens is 315 g/mol. The molecule has 0 aliphatic carbocycles. The van der Waals surface area contributed by atoms with E-state index in [-0.39, 0.29) is 10.9 Å². The minimum Gasteiger partial charge on any atom is -0.374 e. The van der Waals surface area contributed by atoms with Gasteiger partial charge in [-0.3, -0.25) is 4.79 Å². The second-order valence-electron chi connectivity index (χ2n) is 5.72. The van der Waals surface area contributed by atoms with Gasteiger partial charge in [0.2, 0.25) is 5.91 Å². The first kappa shape index (κ1) is 17.3. The molecule has 0 saturated heterocycles. The van der Waals surface area contributed by atoms with Gasteiger partial charge in [0.1, 0.15) is 11.9 Å². The zero-order valence-corrected chi connectivity index (χ0v) is 14.1. The quantitative estimate of drug-likeness (QED) is 0.804. The maximum absolute atomic E-state index is 13.0. The fraction of sp³-hybridized carbons (Fsp3) is 0.278. The molecule has 0 heterocycles. The van der Waals surface area contributed by atoms with E-state index in [1.807, 2.05) is 24.3 Å². The molecule has 0 aromatic heterocycles. The lowest BCUT2D eigenvalue weighted by molar-refractivity contribution is -0.116. The van der Waals surface area contributed by atoms with E-state index in [2.05, 4.69) is 24.5 Å². The molecule has 0 fully saturated rings. The average molecular weight is 335 g/mol. The minimum absolute atomic E-state index is 0.174. The predicted octanol–water partition coefficient (Wildman–Crippen LogP) is 5.04. The van der Waals surface area contributed by atoms with Crippen LogP contribution in [0.1, 0.15) is 32.3 Å². The molecule has 0 aliphatic rings. The monoisotopic (exact) mass is 334 g/mol. The predicted molar refractivity (Wildman–Crippen MR) is 93.7 cm³/mol. The fourth-order valence-electron chi connectivity index (χ4n) is 2.26. The molecule has 0 saturated carbocycles. The van der Waals surface area contributed by atoms with E-state index in [1.165, 1.54) is 18.2 Å². The summed E-state index contributed by atoms with van der Waals surface area (Å²) in [5.74, 6) is -0.331. The van der Waals surface area contributed by atoms with Gasteiger partial charge in [-0.2, -0.15) is 0 Å². The van der Waals surface area contributed by atoms with Crippen molar-refractivity contribution in [1.82, 2.24) is 0 Å². The van der Waals surface area contributed by atoms with Crippen LogP contribution >= 0.6 is 11.6 Å². The number of hydrogen-bond acceptors (Lipinski definition) is 2. The van der Waals surface area contributed by atoms with E-state index in [0.717, 1.165) is 11.3 Å². The third-order valence-corrected chi connectivity index (χ3v) is 3.85. The van der Waals surface area contributed by atoms with Crippen LogP contribution in [-0.4, -0.2) is 11.9 Å². The number of hydrogen-bond donors (Lipinski definition) is 2. The summed E-state index contributed by atoms with van der Waals surface area (Å²) in [4.78, 5) is 12.3. The summed E-state index contributed by atoms with van der Waals surface area (Å²) in [7, 11) is 0. The number of benzene rings is 2. The van der Waals surface area contributed by atoms with Crippen molar-refractivity contribution in [1.29, 1.82) is 0 Å². The van der Waals surface area contributed by atoms with E-state index < -0.39 is 11.9 Å². The second-order valence-corrected chi connectivity index (χ2v) is 6.13. The van der Waals surface area contributed by atoms with E-state index in [4.69, 9.17) is 11.6 Å². The molecule has 2 rings (SSSR count). The average Bonchev–Trinajstić information content (AvgIpc) is 2.50. The molecule has 1 atom stereocenters. The van der Waals surface area contributed by atoms with E-state index in [0.29, 0.717) is 11.6 Å². The Morgan fingerprint density at radius 2 is 1.78 bits per heavy atom. The fourth-order valence-corrected chi connectivity index (χ4v) is 2.48. The SMILES string of the molecule is CC(C)c1ccccc1N[C@H](C)C(=O)Nc1ccc(F)cc1Cl. The summed E-state index contributed by atoms with van der Waals surface area (Å²) in [6, 6.07) is 11.3. The molecule has 2 aromatic carbocycles. The summed E-state index contributed by atoms with van der Waals surface area (Å²) < 4.78 is 13.0. The highest BCUT2D eigenvalue weighted by atomic mass is 35.5. The Morgan fingerprint density at radius 3 is 2.43 bits per heavy atom. The molecule has 0 radical (unpaired) electrons. The summed E-state index contributed by atoms with van der Waals surface area (Å²) in [5, 5.41) is 6.09. The molecule has 122 valence electrons. The zero-order chi connectivity index (χ0) is 17.0. The molecular formula is C18H20ClFN2O. The summed E-state index contributed by atoms with van der Waals surface area (Å²) in [6.45, 7) is 5.97. The van der Waals surface area contributed by atoms with Crippen LogP contribution in [0, 0.1) is 5.82 Å². The maximum atomic E-state index is 13.0. The highest BCUT2D eigenvalue weighted by Crippen LogP contribution is 2.25. The van der Waals surface area contributed by atoms with Gasteiger partial charge in [0.15, 0.2) is 0 Å². The van der Waals surface area contributed by atoms with Crippen molar-refractivity contribution in [2.75, 3.05) is 10.6 Å². The third kappa shape index (κ3) is 4.45. The molecule has 2 N–H and O–H groups in total. The van der Waals surface area contributed by atoms with Crippen LogP contribution in [0.3, 0.4) is 0 Å². The Kier molecular flexibility index (Phi) is 5.61. The zero-order valence-electron chi connectivity index (χ0n) is 13.4. The van der Waals surface area contributed by atoms with E-state index in [9.17, 15) is 9.18 Å². The Hall–Kier alpha value is -2.07. The van der Waals surface area contributed by atoms with Gasteiger partial charge in [-0.15, -0.1) is 0 Å². The van der Waals surface area contributed by atoms with Crippen LogP contribution in [0.4, 0.5) is 15.8 Å². The second kappa shape index (κ2) is 7.47. The van der Waals surface area contributed by atoms with Crippen LogP contribution < -0.4 is 10.6 Å². The highest BCUT2D eigenvalue weighted by molar-refractivity contribution is 6.33. The summed E-state index contributed by atoms with van der Waals surface area (Å²) >= 11 is 5.93. The normalized spacial score (nSPS) is 12.1. The number of para-hydroxylation sites is 1. The Bertz CT molecular complexity index is 703. The smallest absolute Gasteiger partial charge is 0.246 e. The van der Waals surface area contributed by atoms with E-state index >= 15 is 0 Å². The van der Waals surface area contributed by atoms with Gasteiger partial charge in [-0.25, -0.2) is 4.39 Å². The van der Waals surface area contributed by atoms with Crippen LogP contribution in [0.25, 0.3) is 0 Å². The van der Waals surface area contributed by atoms with Crippen molar-refractivity contribution in [2.45, 2.75) is 32.7 Å². The molecule has 5 heteroatoms. The third-order valence-electron chi connectivity index (χ3n) is 3.54. The van der Waals surface area contributed by atoms with Gasteiger partial charge in [-0.1, -0.05) is 43.6 Å². The number of amides is 1. The number of carbonyl (C=O) groups excluding carboxylic acids is 1. The first-order chi connectivity index (χ1) is 10.9. The Labute approximate surface area is 140 Å². The number of halogens is 2. The first-order valence-electron chi connectivity index (χ1n) is 7.50. The van der Waals surface area contributed by atoms with Gasteiger partial charge < -0.3 is 10.6 Å². The summed E-state index contributed by atoms with van der Waals surface area (Å²) in [5.41, 5.74) is 2.46. The maximum Gasteiger partial charge on any atom is 0.246 e. The van der Waals surface area contributed by atoms with Gasteiger partial charge in [0.05, 0.1) is 10.7 Å². The molecule has 0 aliphatic heterocycles. The van der Waals surface area contributed by atoms with Crippen molar-refractivity contribution >= 4 is 28.9 Å². The van der Waals surface area contributed by atoms with Crippen molar-refractivity contribution < 1.29 is 9.18 Å². The Morgan fingerprint density at radius 1 is 1.09 bits per heavy atom. The van der Waals surface area contributed by atoms with Crippen molar-refractivity contribution in [2.24, 2.45) is 0 Å². The lowest BCUT2D eigenvalue weighted by Crippen LogP contribution is -2.32. The largest absolute Gasteiger partial charge is 0.374 e. The molecule has 2 aromatic rings. The van der Waals surface area contributed by atoms with E-state index in [1.54, 1.807) is 6.92 Å². The molecule has 3 nitrogen and oxygen atoms in total. The van der Waals surface area contributed by atoms with Gasteiger partial charge in [0, 0.05) is 5.69 Å². The van der Waals surface area contributed by atoms with Crippen molar-refractivity contribution in [3.8, 4) is 0 Å². The summed E-state index contributed by atoms with van der Waals surface area (Å²) in [6.07, 6.45) is 0. The lowest BCUT2D eigenvalue weighted by atomic mass is 10.0. The number of anilines is 2. The highest BCUT2D eigenvalue weighted by Gasteiger charge is 2.16. The molecule has 0 unspecified atom stereocenters. The molecule has 0 spiro atoms. The standard InChI is InChI=1S/C18H20ClFN2O/c1-11(2)14-6-4-5-7-16(14)21-12(3)18(23)22-17-9-8-13(20)10-15(17)19/h4-12,21H,1-3H3,(H,22,23)/t12-/m1/s1. The van der Waals surface area contributed by atoms with Crippen molar-refractivity contribution in [3.05, 3.63) is 58.9 Å². The molecule has 23 heavy (non-hydrogen) atoms. The number of carbonyl (C=O) groups is 1. The van der Waals surface area contributed by atoms with Crippen LogP contribution in [-0.2, 0) is 4.79 Å². The first-order valence-corrected chi connectivity index (χ1v) is 7.87. The van der Waals surface area contributed by atoms with Gasteiger partial charge >= 0.3 is 0 Å². The minimum atomic E-state index is -0.462. The topological polar surface area (TPSA) is 41.1 Å². The van der Waals surface area contributed by atoms with Gasteiger partial charge in [0.25, 0.3) is 0 Å². The molecule has 1 amide bonds. The van der Waals surface area contributed by atoms with Crippen molar-refractivity contribution in [3.63, 3.8) is 0 Å².